The van der Waals surface area contributed by atoms with Crippen LogP contribution in [0.4, 0.5) is 14.9 Å². The fraction of sp³-hybridized carbons (Fsp3) is 0.296. The van der Waals surface area contributed by atoms with E-state index in [0.29, 0.717) is 48.2 Å². The van der Waals surface area contributed by atoms with E-state index in [0.717, 1.165) is 17.7 Å². The maximum Gasteiger partial charge on any atom is 0.324 e. The maximum absolute atomic E-state index is 13.8. The molecule has 35 heavy (non-hydrogen) atoms. The third kappa shape index (κ3) is 5.59. The highest BCUT2D eigenvalue weighted by Gasteiger charge is 2.28. The summed E-state index contributed by atoms with van der Waals surface area (Å²) in [4.78, 5) is 16.8. The zero-order chi connectivity index (χ0) is 24.8. The summed E-state index contributed by atoms with van der Waals surface area (Å²) in [5, 5.41) is 0. The second kappa shape index (κ2) is 11.0. The third-order valence-corrected chi connectivity index (χ3v) is 5.90. The van der Waals surface area contributed by atoms with Gasteiger partial charge in [-0.15, -0.1) is 0 Å². The molecular formula is C27H29FN2O5. The van der Waals surface area contributed by atoms with Crippen LogP contribution in [0.2, 0.25) is 0 Å². The van der Waals surface area contributed by atoms with Crippen LogP contribution in [0.15, 0.2) is 60.7 Å². The van der Waals surface area contributed by atoms with Crippen molar-refractivity contribution in [1.82, 2.24) is 4.90 Å². The Bertz CT molecular complexity index is 1190. The minimum atomic E-state index is -0.366. The molecule has 0 saturated carbocycles. The lowest BCUT2D eigenvalue weighted by Crippen LogP contribution is -2.49. The number of hydrogen-bond donors (Lipinski definition) is 0. The van der Waals surface area contributed by atoms with Gasteiger partial charge >= 0.3 is 6.03 Å². The van der Waals surface area contributed by atoms with Crippen molar-refractivity contribution in [1.29, 1.82) is 0 Å². The molecule has 0 bridgehead atoms. The fourth-order valence-electron chi connectivity index (χ4n) is 4.11. The Morgan fingerprint density at radius 1 is 0.857 bits per heavy atom. The molecular weight excluding hydrogens is 451 g/mol. The van der Waals surface area contributed by atoms with Crippen LogP contribution in [0.1, 0.15) is 17.5 Å². The molecule has 4 rings (SSSR count). The van der Waals surface area contributed by atoms with Crippen molar-refractivity contribution in [2.45, 2.75) is 19.6 Å². The van der Waals surface area contributed by atoms with Crippen molar-refractivity contribution >= 4 is 11.7 Å². The van der Waals surface area contributed by atoms with Crippen LogP contribution >= 0.6 is 0 Å². The Hall–Kier alpha value is -3.94. The highest BCUT2D eigenvalue weighted by atomic mass is 19.1. The van der Waals surface area contributed by atoms with Gasteiger partial charge in [-0.1, -0.05) is 12.1 Å². The topological polar surface area (TPSA) is 60.5 Å². The van der Waals surface area contributed by atoms with Gasteiger partial charge in [0.15, 0.2) is 11.5 Å². The van der Waals surface area contributed by atoms with Gasteiger partial charge in [-0.25, -0.2) is 9.18 Å². The van der Waals surface area contributed by atoms with Crippen molar-refractivity contribution in [3.63, 3.8) is 0 Å². The average Bonchev–Trinajstić information content (AvgIpc) is 2.89. The van der Waals surface area contributed by atoms with Crippen molar-refractivity contribution < 1.29 is 28.1 Å². The second-order valence-electron chi connectivity index (χ2n) is 8.14. The largest absolute Gasteiger partial charge is 0.497 e. The lowest BCUT2D eigenvalue weighted by atomic mass is 10.1. The van der Waals surface area contributed by atoms with E-state index in [9.17, 15) is 9.18 Å². The second-order valence-corrected chi connectivity index (χ2v) is 8.14. The van der Waals surface area contributed by atoms with E-state index in [1.54, 1.807) is 36.2 Å². The number of nitrogens with zero attached hydrogens (tertiary/aromatic N) is 2. The molecule has 0 unspecified atom stereocenters. The van der Waals surface area contributed by atoms with Gasteiger partial charge in [0.05, 0.1) is 27.9 Å². The molecule has 8 heteroatoms. The zero-order valence-corrected chi connectivity index (χ0v) is 20.1. The number of amides is 2. The van der Waals surface area contributed by atoms with Gasteiger partial charge in [-0.2, -0.15) is 0 Å². The summed E-state index contributed by atoms with van der Waals surface area (Å²) >= 11 is 0. The molecule has 0 N–H and O–H groups in total. The molecule has 0 atom stereocenters. The van der Waals surface area contributed by atoms with Gasteiger partial charge in [-0.05, 0) is 54.4 Å². The number of methoxy groups -OCH3 is 3. The molecule has 1 aliphatic heterocycles. The minimum Gasteiger partial charge on any atom is -0.497 e. The molecule has 1 saturated heterocycles. The predicted octanol–water partition coefficient (Wildman–Crippen LogP) is 5.26. The van der Waals surface area contributed by atoms with Gasteiger partial charge in [0.25, 0.3) is 0 Å². The Morgan fingerprint density at radius 2 is 1.66 bits per heavy atom. The van der Waals surface area contributed by atoms with Crippen molar-refractivity contribution in [3.05, 3.63) is 77.6 Å². The number of hydrogen-bond acceptors (Lipinski definition) is 5. The number of anilines is 1. The van der Waals surface area contributed by atoms with Crippen LogP contribution in [-0.4, -0.2) is 45.3 Å². The Morgan fingerprint density at radius 3 is 2.43 bits per heavy atom. The molecule has 0 radical (unpaired) electrons. The average molecular weight is 481 g/mol. The molecule has 3 aromatic rings. The lowest BCUT2D eigenvalue weighted by Gasteiger charge is -2.36. The molecule has 2 amide bonds. The summed E-state index contributed by atoms with van der Waals surface area (Å²) in [5.41, 5.74) is 2.27. The predicted molar refractivity (Wildman–Crippen MR) is 131 cm³/mol. The van der Waals surface area contributed by atoms with Crippen LogP contribution in [0.3, 0.4) is 0 Å². The third-order valence-electron chi connectivity index (χ3n) is 5.90. The number of halogens is 1. The maximum atomic E-state index is 13.8. The Balaban J connectivity index is 1.52. The van der Waals surface area contributed by atoms with E-state index >= 15 is 0 Å². The number of carbonyl (C=O) groups excluding carboxylic acids is 1. The van der Waals surface area contributed by atoms with E-state index in [2.05, 4.69) is 0 Å². The van der Waals surface area contributed by atoms with E-state index in [4.69, 9.17) is 18.9 Å². The van der Waals surface area contributed by atoms with Gasteiger partial charge < -0.3 is 23.8 Å². The minimum absolute atomic E-state index is 0.161. The quantitative estimate of drug-likeness (QED) is 0.418. The highest BCUT2D eigenvalue weighted by Crippen LogP contribution is 2.34. The van der Waals surface area contributed by atoms with E-state index < -0.39 is 0 Å². The Kier molecular flexibility index (Phi) is 7.60. The summed E-state index contributed by atoms with van der Waals surface area (Å²) in [6.07, 6.45) is 0.773. The molecule has 7 nitrogen and oxygen atoms in total. The number of rotatable bonds is 9. The zero-order valence-electron chi connectivity index (χ0n) is 20.1. The number of carbonyl (C=O) groups is 1. The monoisotopic (exact) mass is 480 g/mol. The van der Waals surface area contributed by atoms with Crippen molar-refractivity contribution in [2.24, 2.45) is 0 Å². The van der Waals surface area contributed by atoms with Crippen LogP contribution < -0.4 is 23.8 Å². The molecule has 0 spiro atoms. The summed E-state index contributed by atoms with van der Waals surface area (Å²) in [7, 11) is 4.73. The van der Waals surface area contributed by atoms with Crippen LogP contribution in [0.25, 0.3) is 0 Å². The van der Waals surface area contributed by atoms with Crippen molar-refractivity contribution in [3.8, 4) is 23.0 Å². The molecule has 184 valence electrons. The first-order chi connectivity index (χ1) is 17.0. The van der Waals surface area contributed by atoms with Gasteiger partial charge in [-0.3, -0.25) is 4.90 Å². The molecule has 3 aromatic carbocycles. The highest BCUT2D eigenvalue weighted by molar-refractivity contribution is 5.93. The first kappa shape index (κ1) is 24.2. The number of urea groups is 1. The van der Waals surface area contributed by atoms with E-state index in [-0.39, 0.29) is 18.4 Å². The van der Waals surface area contributed by atoms with Gasteiger partial charge in [0, 0.05) is 30.4 Å². The van der Waals surface area contributed by atoms with Crippen LogP contribution in [0, 0.1) is 5.82 Å². The molecule has 1 fully saturated rings. The van der Waals surface area contributed by atoms with Crippen molar-refractivity contribution in [2.75, 3.05) is 39.3 Å². The molecule has 1 heterocycles. The normalized spacial score (nSPS) is 13.5. The first-order valence-corrected chi connectivity index (χ1v) is 11.3. The summed E-state index contributed by atoms with van der Waals surface area (Å²) in [6.45, 7) is 1.71. The van der Waals surface area contributed by atoms with Crippen LogP contribution in [0.5, 0.6) is 23.0 Å². The number of ether oxygens (including phenoxy) is 4. The number of benzene rings is 3. The van der Waals surface area contributed by atoms with E-state index in [1.807, 2.05) is 36.4 Å². The fourth-order valence-corrected chi connectivity index (χ4v) is 4.11. The Labute approximate surface area is 204 Å². The van der Waals surface area contributed by atoms with Gasteiger partial charge in [0.1, 0.15) is 23.9 Å². The molecule has 0 aromatic heterocycles. The van der Waals surface area contributed by atoms with Crippen LogP contribution in [-0.2, 0) is 13.2 Å². The summed E-state index contributed by atoms with van der Waals surface area (Å²) < 4.78 is 36.0. The summed E-state index contributed by atoms with van der Waals surface area (Å²) in [6, 6.07) is 17.2. The molecule has 1 aliphatic rings. The van der Waals surface area contributed by atoms with E-state index in [1.165, 1.54) is 19.2 Å². The smallest absolute Gasteiger partial charge is 0.324 e. The molecule has 0 aliphatic carbocycles. The standard InChI is InChI=1S/C27H29FN2O5/c1-32-23-7-4-6-19(14-23)18-35-26-16-22(9-11-25(26)34-3)30-13-5-12-29(27(30)31)17-20-15-21(28)8-10-24(20)33-2/h4,6-11,14-16H,5,12-13,17-18H2,1-3H3. The SMILES string of the molecule is COc1cccc(COc2cc(N3CCCN(Cc4cc(F)ccc4OC)C3=O)ccc2OC)c1. The first-order valence-electron chi connectivity index (χ1n) is 11.3. The van der Waals surface area contributed by atoms with Gasteiger partial charge in [0.2, 0.25) is 0 Å². The lowest BCUT2D eigenvalue weighted by molar-refractivity contribution is 0.191. The summed E-state index contributed by atoms with van der Waals surface area (Å²) in [5.74, 6) is 2.04.